The lowest BCUT2D eigenvalue weighted by atomic mass is 10.00. The van der Waals surface area contributed by atoms with Gasteiger partial charge in [-0.1, -0.05) is 30.3 Å². The summed E-state index contributed by atoms with van der Waals surface area (Å²) in [5.41, 5.74) is 2.36. The fourth-order valence-corrected chi connectivity index (χ4v) is 2.20. The maximum Gasteiger partial charge on any atom is 0.148 e. The summed E-state index contributed by atoms with van der Waals surface area (Å²) in [6, 6.07) is 16.4. The van der Waals surface area contributed by atoms with Crippen LogP contribution >= 0.6 is 0 Å². The van der Waals surface area contributed by atoms with Crippen LogP contribution in [-0.2, 0) is 7.05 Å². The lowest BCUT2D eigenvalue weighted by molar-refractivity contribution is 0.763. The van der Waals surface area contributed by atoms with Gasteiger partial charge in [-0.2, -0.15) is 5.10 Å². The molecule has 3 rings (SSSR count). The van der Waals surface area contributed by atoms with Crippen molar-refractivity contribution < 1.29 is 0 Å². The molecule has 0 radical (unpaired) electrons. The van der Waals surface area contributed by atoms with Crippen LogP contribution in [0.25, 0.3) is 0 Å². The Morgan fingerprint density at radius 2 is 1.65 bits per heavy atom. The molecule has 2 heterocycles. The molecule has 1 atom stereocenters. The van der Waals surface area contributed by atoms with Crippen molar-refractivity contribution in [2.24, 2.45) is 7.05 Å². The predicted molar refractivity (Wildman–Crippen MR) is 79.4 cm³/mol. The number of nitrogens with zero attached hydrogens (tertiary/aromatic N) is 3. The van der Waals surface area contributed by atoms with E-state index in [2.05, 4.69) is 27.5 Å². The first-order valence-corrected chi connectivity index (χ1v) is 6.54. The first-order chi connectivity index (χ1) is 9.83. The SMILES string of the molecule is Cn1ccc(NC(c2ccccc2)c2ccncc2)n1. The molecule has 4 nitrogen and oxygen atoms in total. The Labute approximate surface area is 118 Å². The van der Waals surface area contributed by atoms with Gasteiger partial charge in [-0.15, -0.1) is 0 Å². The van der Waals surface area contributed by atoms with Crippen LogP contribution in [0.5, 0.6) is 0 Å². The van der Waals surface area contributed by atoms with E-state index < -0.39 is 0 Å². The van der Waals surface area contributed by atoms with E-state index >= 15 is 0 Å². The van der Waals surface area contributed by atoms with Crippen molar-refractivity contribution in [3.63, 3.8) is 0 Å². The quantitative estimate of drug-likeness (QED) is 0.787. The van der Waals surface area contributed by atoms with Crippen molar-refractivity contribution >= 4 is 5.82 Å². The highest BCUT2D eigenvalue weighted by atomic mass is 15.3. The van der Waals surface area contributed by atoms with E-state index in [1.165, 1.54) is 5.56 Å². The second-order valence-corrected chi connectivity index (χ2v) is 4.64. The Morgan fingerprint density at radius 1 is 0.950 bits per heavy atom. The number of benzene rings is 1. The molecule has 0 bridgehead atoms. The fourth-order valence-electron chi connectivity index (χ4n) is 2.20. The van der Waals surface area contributed by atoms with Gasteiger partial charge in [0.15, 0.2) is 0 Å². The van der Waals surface area contributed by atoms with Gasteiger partial charge in [-0.3, -0.25) is 9.67 Å². The minimum absolute atomic E-state index is 0.0640. The Kier molecular flexibility index (Phi) is 3.46. The first kappa shape index (κ1) is 12.4. The molecular formula is C16H16N4. The first-order valence-electron chi connectivity index (χ1n) is 6.54. The van der Waals surface area contributed by atoms with Gasteiger partial charge in [0.1, 0.15) is 5.82 Å². The summed E-state index contributed by atoms with van der Waals surface area (Å²) in [6.45, 7) is 0. The van der Waals surface area contributed by atoms with Crippen LogP contribution in [0.4, 0.5) is 5.82 Å². The van der Waals surface area contributed by atoms with Gasteiger partial charge in [-0.25, -0.2) is 0 Å². The Bertz CT molecular complexity index is 622. The minimum atomic E-state index is 0.0640. The van der Waals surface area contributed by atoms with Gasteiger partial charge < -0.3 is 5.32 Å². The van der Waals surface area contributed by atoms with E-state index in [1.807, 2.05) is 62.0 Å². The van der Waals surface area contributed by atoms with E-state index in [9.17, 15) is 0 Å². The summed E-state index contributed by atoms with van der Waals surface area (Å²) in [6.07, 6.45) is 5.55. The number of aryl methyl sites for hydroxylation is 1. The number of rotatable bonds is 4. The molecule has 0 amide bonds. The smallest absolute Gasteiger partial charge is 0.148 e. The van der Waals surface area contributed by atoms with Crippen molar-refractivity contribution in [3.05, 3.63) is 78.2 Å². The summed E-state index contributed by atoms with van der Waals surface area (Å²) in [4.78, 5) is 4.09. The van der Waals surface area contributed by atoms with Crippen LogP contribution in [0.15, 0.2) is 67.1 Å². The number of anilines is 1. The number of pyridine rings is 1. The zero-order valence-electron chi connectivity index (χ0n) is 11.3. The van der Waals surface area contributed by atoms with Crippen LogP contribution in [0.3, 0.4) is 0 Å². The summed E-state index contributed by atoms with van der Waals surface area (Å²) >= 11 is 0. The fraction of sp³-hybridized carbons (Fsp3) is 0.125. The van der Waals surface area contributed by atoms with E-state index in [0.717, 1.165) is 11.4 Å². The van der Waals surface area contributed by atoms with Gasteiger partial charge >= 0.3 is 0 Å². The molecule has 0 fully saturated rings. The Hall–Kier alpha value is -2.62. The van der Waals surface area contributed by atoms with Crippen LogP contribution in [-0.4, -0.2) is 14.8 Å². The molecule has 1 unspecified atom stereocenters. The zero-order chi connectivity index (χ0) is 13.8. The third-order valence-corrected chi connectivity index (χ3v) is 3.18. The molecule has 1 aromatic carbocycles. The van der Waals surface area contributed by atoms with Crippen molar-refractivity contribution in [1.82, 2.24) is 14.8 Å². The lowest BCUT2D eigenvalue weighted by Crippen LogP contribution is -2.13. The minimum Gasteiger partial charge on any atom is -0.358 e. The highest BCUT2D eigenvalue weighted by Gasteiger charge is 2.14. The largest absolute Gasteiger partial charge is 0.358 e. The summed E-state index contributed by atoms with van der Waals surface area (Å²) in [5.74, 6) is 0.859. The molecule has 100 valence electrons. The summed E-state index contributed by atoms with van der Waals surface area (Å²) < 4.78 is 1.79. The summed E-state index contributed by atoms with van der Waals surface area (Å²) in [5, 5.41) is 7.86. The van der Waals surface area contributed by atoms with Crippen LogP contribution in [0, 0.1) is 0 Å². The lowest BCUT2D eigenvalue weighted by Gasteiger charge is -2.19. The molecule has 20 heavy (non-hydrogen) atoms. The molecule has 1 N–H and O–H groups in total. The molecule has 4 heteroatoms. The normalized spacial score (nSPS) is 12.1. The van der Waals surface area contributed by atoms with E-state index in [4.69, 9.17) is 0 Å². The molecule has 0 saturated heterocycles. The van der Waals surface area contributed by atoms with Gasteiger partial charge in [0.2, 0.25) is 0 Å². The summed E-state index contributed by atoms with van der Waals surface area (Å²) in [7, 11) is 1.91. The van der Waals surface area contributed by atoms with Crippen molar-refractivity contribution in [2.75, 3.05) is 5.32 Å². The van der Waals surface area contributed by atoms with Gasteiger partial charge in [0, 0.05) is 31.7 Å². The predicted octanol–water partition coefficient (Wildman–Crippen LogP) is 3.02. The van der Waals surface area contributed by atoms with Crippen LogP contribution in [0.2, 0.25) is 0 Å². The molecular weight excluding hydrogens is 248 g/mol. The highest BCUT2D eigenvalue weighted by Crippen LogP contribution is 2.25. The van der Waals surface area contributed by atoms with Gasteiger partial charge in [0.05, 0.1) is 6.04 Å². The molecule has 0 aliphatic rings. The monoisotopic (exact) mass is 264 g/mol. The van der Waals surface area contributed by atoms with Crippen LogP contribution in [0.1, 0.15) is 17.2 Å². The Balaban J connectivity index is 1.96. The average molecular weight is 264 g/mol. The molecule has 2 aromatic heterocycles. The maximum absolute atomic E-state index is 4.39. The third kappa shape index (κ3) is 2.69. The molecule has 0 aliphatic heterocycles. The van der Waals surface area contributed by atoms with Gasteiger partial charge in [0.25, 0.3) is 0 Å². The van der Waals surface area contributed by atoms with E-state index in [1.54, 1.807) is 4.68 Å². The number of hydrogen-bond donors (Lipinski definition) is 1. The number of hydrogen-bond acceptors (Lipinski definition) is 3. The number of nitrogens with one attached hydrogen (secondary N) is 1. The van der Waals surface area contributed by atoms with Crippen LogP contribution < -0.4 is 5.32 Å². The van der Waals surface area contributed by atoms with Crippen molar-refractivity contribution in [3.8, 4) is 0 Å². The van der Waals surface area contributed by atoms with Gasteiger partial charge in [-0.05, 0) is 23.3 Å². The molecule has 3 aromatic rings. The second-order valence-electron chi connectivity index (χ2n) is 4.64. The molecule has 0 aliphatic carbocycles. The zero-order valence-corrected chi connectivity index (χ0v) is 11.3. The van der Waals surface area contributed by atoms with E-state index in [0.29, 0.717) is 0 Å². The Morgan fingerprint density at radius 3 is 2.30 bits per heavy atom. The maximum atomic E-state index is 4.39. The highest BCUT2D eigenvalue weighted by molar-refractivity contribution is 5.43. The third-order valence-electron chi connectivity index (χ3n) is 3.18. The topological polar surface area (TPSA) is 42.7 Å². The number of aromatic nitrogens is 3. The van der Waals surface area contributed by atoms with Crippen molar-refractivity contribution in [2.45, 2.75) is 6.04 Å². The molecule has 0 spiro atoms. The second kappa shape index (κ2) is 5.57. The standard InChI is InChI=1S/C16H16N4/c1-20-12-9-15(19-20)18-16(13-5-3-2-4-6-13)14-7-10-17-11-8-14/h2-12,16H,1H3,(H,18,19). The average Bonchev–Trinajstić information content (AvgIpc) is 2.92. The van der Waals surface area contributed by atoms with Crippen molar-refractivity contribution in [1.29, 1.82) is 0 Å². The molecule has 0 saturated carbocycles. The van der Waals surface area contributed by atoms with E-state index in [-0.39, 0.29) is 6.04 Å².